The minimum absolute atomic E-state index is 0.247. The van der Waals surface area contributed by atoms with Crippen molar-refractivity contribution in [1.82, 2.24) is 0 Å². The van der Waals surface area contributed by atoms with E-state index in [9.17, 15) is 15.3 Å². The minimum atomic E-state index is 0.247. The Labute approximate surface area is 272 Å². The van der Waals surface area contributed by atoms with Crippen molar-refractivity contribution in [2.45, 2.75) is 119 Å². The summed E-state index contributed by atoms with van der Waals surface area (Å²) in [6.45, 7) is 13.0. The molecule has 3 N–H and O–H groups in total. The molecule has 0 aromatic heterocycles. The van der Waals surface area contributed by atoms with Crippen LogP contribution in [0.5, 0.6) is 17.2 Å². The topological polar surface area (TPSA) is 60.7 Å². The summed E-state index contributed by atoms with van der Waals surface area (Å²) in [6, 6.07) is 18.0. The van der Waals surface area contributed by atoms with Crippen LogP contribution in [0.2, 0.25) is 0 Å². The summed E-state index contributed by atoms with van der Waals surface area (Å²) >= 11 is 0. The molecule has 0 aliphatic rings. The predicted octanol–water partition coefficient (Wildman–Crippen LogP) is 11.9. The molecule has 4 rings (SSSR count). The number of benzene rings is 4. The average molecular weight is 607 g/mol. The molecule has 0 aliphatic carbocycles. The molecule has 0 atom stereocenters. The second-order valence-corrected chi connectivity index (χ2v) is 12.9. The molecule has 3 heteroatoms. The fourth-order valence-corrected chi connectivity index (χ4v) is 6.98. The van der Waals surface area contributed by atoms with Gasteiger partial charge in [0.15, 0.2) is 0 Å². The number of hydrogen-bond acceptors (Lipinski definition) is 3. The normalized spacial score (nSPS) is 11.3. The molecular weight excluding hydrogens is 552 g/mol. The molecule has 3 nitrogen and oxygen atoms in total. The van der Waals surface area contributed by atoms with Gasteiger partial charge in [-0.25, -0.2) is 0 Å². The minimum Gasteiger partial charge on any atom is -0.507 e. The third-order valence-corrected chi connectivity index (χ3v) is 9.45. The molecule has 0 spiro atoms. The fraction of sp³-hybridized carbons (Fsp3) is 0.429. The Morgan fingerprint density at radius 1 is 0.400 bits per heavy atom. The monoisotopic (exact) mass is 606 g/mol. The van der Waals surface area contributed by atoms with Crippen molar-refractivity contribution in [3.05, 3.63) is 88.0 Å². The van der Waals surface area contributed by atoms with Crippen LogP contribution in [0.4, 0.5) is 0 Å². The molecule has 0 saturated heterocycles. The van der Waals surface area contributed by atoms with Gasteiger partial charge in [0.05, 0.1) is 0 Å². The van der Waals surface area contributed by atoms with E-state index >= 15 is 0 Å². The largest absolute Gasteiger partial charge is 0.507 e. The van der Waals surface area contributed by atoms with E-state index in [4.69, 9.17) is 0 Å². The number of aromatic hydroxyl groups is 3. The highest BCUT2D eigenvalue weighted by Gasteiger charge is 2.25. The van der Waals surface area contributed by atoms with Gasteiger partial charge in [0, 0.05) is 16.7 Å². The molecule has 0 unspecified atom stereocenters. The van der Waals surface area contributed by atoms with Gasteiger partial charge in [-0.15, -0.1) is 0 Å². The zero-order chi connectivity index (χ0) is 32.5. The van der Waals surface area contributed by atoms with Crippen LogP contribution >= 0.6 is 0 Å². The van der Waals surface area contributed by atoms with Crippen LogP contribution in [0.1, 0.15) is 112 Å². The number of phenols is 3. The summed E-state index contributed by atoms with van der Waals surface area (Å²) in [7, 11) is 0. The maximum absolute atomic E-state index is 11.3. The SMILES string of the molecule is CCCCCc1ccc(O)c(-c2c(C)c(-c3cc(CCCCC)ccc3O)c(C)c(-c3cc(CCCCC)ccc3O)c2C)c1. The highest BCUT2D eigenvalue weighted by Crippen LogP contribution is 2.49. The lowest BCUT2D eigenvalue weighted by atomic mass is 9.79. The van der Waals surface area contributed by atoms with Crippen LogP contribution in [0.15, 0.2) is 54.6 Å². The molecule has 45 heavy (non-hydrogen) atoms. The second-order valence-electron chi connectivity index (χ2n) is 12.9. The Bertz CT molecular complexity index is 1390. The van der Waals surface area contributed by atoms with Crippen molar-refractivity contribution in [1.29, 1.82) is 0 Å². The van der Waals surface area contributed by atoms with Crippen LogP contribution in [-0.4, -0.2) is 15.3 Å². The zero-order valence-corrected chi connectivity index (χ0v) is 28.5. The van der Waals surface area contributed by atoms with Crippen molar-refractivity contribution in [2.75, 3.05) is 0 Å². The van der Waals surface area contributed by atoms with Gasteiger partial charge < -0.3 is 15.3 Å². The summed E-state index contributed by atoms with van der Waals surface area (Å²) in [6.07, 6.45) is 13.2. The van der Waals surface area contributed by atoms with E-state index in [1.165, 1.54) is 36.0 Å². The standard InChI is InChI=1S/C42H54O3/c1-7-10-13-16-31-19-22-37(43)34(25-31)40-28(4)41(35-26-32(17-14-11-8-2)20-23-38(35)44)30(6)42(29(40)5)36-27-33(18-15-12-9-3)21-24-39(36)45/h19-27,43-45H,7-18H2,1-6H3. The lowest BCUT2D eigenvalue weighted by molar-refractivity contribution is 0.476. The van der Waals surface area contributed by atoms with Crippen LogP contribution in [0.25, 0.3) is 33.4 Å². The van der Waals surface area contributed by atoms with Gasteiger partial charge in [0.25, 0.3) is 0 Å². The number of aryl methyl sites for hydroxylation is 3. The Hall–Kier alpha value is -3.72. The maximum atomic E-state index is 11.3. The van der Waals surface area contributed by atoms with E-state index in [0.29, 0.717) is 0 Å². The summed E-state index contributed by atoms with van der Waals surface area (Å²) in [4.78, 5) is 0. The molecule has 240 valence electrons. The van der Waals surface area contributed by atoms with Crippen molar-refractivity contribution in [3.63, 3.8) is 0 Å². The number of phenolic OH excluding ortho intramolecular Hbond substituents is 3. The third-order valence-electron chi connectivity index (χ3n) is 9.45. The van der Waals surface area contributed by atoms with Crippen molar-refractivity contribution >= 4 is 0 Å². The highest BCUT2D eigenvalue weighted by molar-refractivity contribution is 5.95. The molecule has 0 aliphatic heterocycles. The second kappa shape index (κ2) is 16.0. The van der Waals surface area contributed by atoms with Gasteiger partial charge >= 0.3 is 0 Å². The van der Waals surface area contributed by atoms with Crippen molar-refractivity contribution in [3.8, 4) is 50.6 Å². The summed E-state index contributed by atoms with van der Waals surface area (Å²) in [5.41, 5.74) is 12.0. The molecular formula is C42H54O3. The molecule has 0 heterocycles. The van der Waals surface area contributed by atoms with Gasteiger partial charge in [-0.1, -0.05) is 77.5 Å². The number of rotatable bonds is 15. The predicted molar refractivity (Wildman–Crippen MR) is 192 cm³/mol. The Morgan fingerprint density at radius 2 is 0.667 bits per heavy atom. The van der Waals surface area contributed by atoms with E-state index in [-0.39, 0.29) is 17.2 Å². The van der Waals surface area contributed by atoms with Crippen LogP contribution in [-0.2, 0) is 19.3 Å². The van der Waals surface area contributed by atoms with E-state index in [1.807, 2.05) is 36.4 Å². The van der Waals surface area contributed by atoms with Gasteiger partial charge in [0.1, 0.15) is 17.2 Å². The Morgan fingerprint density at radius 3 is 0.911 bits per heavy atom. The highest BCUT2D eigenvalue weighted by atomic mass is 16.3. The number of hydrogen-bond donors (Lipinski definition) is 3. The molecule has 4 aromatic carbocycles. The first-order valence-corrected chi connectivity index (χ1v) is 17.3. The lowest BCUT2D eigenvalue weighted by Gasteiger charge is -2.25. The first kappa shape index (κ1) is 34.2. The van der Waals surface area contributed by atoms with E-state index < -0.39 is 0 Å². The molecule has 0 saturated carbocycles. The smallest absolute Gasteiger partial charge is 0.123 e. The van der Waals surface area contributed by atoms with Gasteiger partial charge in [-0.05, 0) is 146 Å². The average Bonchev–Trinajstić information content (AvgIpc) is 3.01. The molecule has 4 aromatic rings. The van der Waals surface area contributed by atoms with Gasteiger partial charge in [-0.2, -0.15) is 0 Å². The third kappa shape index (κ3) is 7.93. The van der Waals surface area contributed by atoms with E-state index in [1.54, 1.807) is 0 Å². The van der Waals surface area contributed by atoms with Crippen LogP contribution in [0.3, 0.4) is 0 Å². The molecule has 0 amide bonds. The Kier molecular flexibility index (Phi) is 12.2. The number of unbranched alkanes of at least 4 members (excludes halogenated alkanes) is 6. The maximum Gasteiger partial charge on any atom is 0.123 e. The van der Waals surface area contributed by atoms with Gasteiger partial charge in [0.2, 0.25) is 0 Å². The van der Waals surface area contributed by atoms with Crippen LogP contribution in [0, 0.1) is 20.8 Å². The zero-order valence-electron chi connectivity index (χ0n) is 28.5. The summed E-state index contributed by atoms with van der Waals surface area (Å²) in [5.74, 6) is 0.740. The summed E-state index contributed by atoms with van der Waals surface area (Å²) in [5, 5.41) is 34.0. The molecule has 0 fully saturated rings. The van der Waals surface area contributed by atoms with Crippen molar-refractivity contribution in [2.24, 2.45) is 0 Å². The quantitative estimate of drug-likeness (QED) is 0.118. The Balaban J connectivity index is 2.02. The van der Waals surface area contributed by atoms with E-state index in [0.717, 1.165) is 108 Å². The van der Waals surface area contributed by atoms with Crippen molar-refractivity contribution < 1.29 is 15.3 Å². The lowest BCUT2D eigenvalue weighted by Crippen LogP contribution is -2.02. The first-order valence-electron chi connectivity index (χ1n) is 17.3. The van der Waals surface area contributed by atoms with Gasteiger partial charge in [-0.3, -0.25) is 0 Å². The first-order chi connectivity index (χ1) is 21.7. The van der Waals surface area contributed by atoms with Crippen LogP contribution < -0.4 is 0 Å². The molecule has 0 bridgehead atoms. The fourth-order valence-electron chi connectivity index (χ4n) is 6.98. The van der Waals surface area contributed by atoms with E-state index in [2.05, 4.69) is 59.7 Å². The summed E-state index contributed by atoms with van der Waals surface area (Å²) < 4.78 is 0. The molecule has 0 radical (unpaired) electrons.